The summed E-state index contributed by atoms with van der Waals surface area (Å²) in [6, 6.07) is 21.9. The van der Waals surface area contributed by atoms with Gasteiger partial charge in [0, 0.05) is 45.1 Å². The lowest BCUT2D eigenvalue weighted by Gasteiger charge is -2.20. The van der Waals surface area contributed by atoms with Gasteiger partial charge in [-0.3, -0.25) is 4.79 Å². The molecule has 0 aliphatic heterocycles. The first-order valence-electron chi connectivity index (χ1n) is 10.9. The SMILES string of the molecule is Cc1cc([C@@H](C)Nc2ccccc2-c2cnsc2)c2oc(-c3ccccc3)c(C)c(=O)c2c1. The second-order valence-electron chi connectivity index (χ2n) is 8.31. The van der Waals surface area contributed by atoms with Crippen LogP contribution < -0.4 is 10.7 Å². The molecule has 33 heavy (non-hydrogen) atoms. The van der Waals surface area contributed by atoms with Crippen LogP contribution in [0.4, 0.5) is 5.69 Å². The van der Waals surface area contributed by atoms with Gasteiger partial charge in [0.2, 0.25) is 0 Å². The quantitative estimate of drug-likeness (QED) is 0.302. The van der Waals surface area contributed by atoms with Crippen molar-refractivity contribution in [2.24, 2.45) is 0 Å². The van der Waals surface area contributed by atoms with Crippen molar-refractivity contribution in [3.8, 4) is 22.5 Å². The summed E-state index contributed by atoms with van der Waals surface area (Å²) in [6.07, 6.45) is 1.88. The number of fused-ring (bicyclic) bond motifs is 1. The topological polar surface area (TPSA) is 55.1 Å². The molecule has 4 nitrogen and oxygen atoms in total. The summed E-state index contributed by atoms with van der Waals surface area (Å²) in [7, 11) is 0. The third-order valence-corrected chi connectivity index (χ3v) is 6.52. The predicted octanol–water partition coefficient (Wildman–Crippen LogP) is 7.37. The Hall–Kier alpha value is -3.70. The molecule has 3 aromatic carbocycles. The zero-order valence-electron chi connectivity index (χ0n) is 18.8. The molecule has 164 valence electrons. The fourth-order valence-electron chi connectivity index (χ4n) is 4.26. The number of aromatic nitrogens is 1. The molecule has 0 unspecified atom stereocenters. The highest BCUT2D eigenvalue weighted by atomic mass is 32.1. The normalized spacial score (nSPS) is 12.1. The Kier molecular flexibility index (Phi) is 5.56. The van der Waals surface area contributed by atoms with Crippen molar-refractivity contribution in [3.63, 3.8) is 0 Å². The van der Waals surface area contributed by atoms with Gasteiger partial charge >= 0.3 is 0 Å². The number of nitrogens with zero attached hydrogens (tertiary/aromatic N) is 1. The van der Waals surface area contributed by atoms with Crippen LogP contribution in [-0.2, 0) is 0 Å². The predicted molar refractivity (Wildman–Crippen MR) is 137 cm³/mol. The first-order chi connectivity index (χ1) is 16.0. The van der Waals surface area contributed by atoms with Crippen molar-refractivity contribution in [2.45, 2.75) is 26.8 Å². The summed E-state index contributed by atoms with van der Waals surface area (Å²) in [4.78, 5) is 13.3. The van der Waals surface area contributed by atoms with Crippen molar-refractivity contribution in [3.05, 3.63) is 105 Å². The van der Waals surface area contributed by atoms with Crippen LogP contribution in [0.25, 0.3) is 33.4 Å². The minimum absolute atomic E-state index is 0.0111. The Labute approximate surface area is 196 Å². The van der Waals surface area contributed by atoms with Crippen LogP contribution in [0, 0.1) is 13.8 Å². The van der Waals surface area contributed by atoms with Gasteiger partial charge in [-0.15, -0.1) is 0 Å². The standard InChI is InChI=1S/C28H24N2O2S/c1-17-13-23(19(3)30-25-12-8-7-11-22(25)21-15-29-33-16-21)28-24(14-17)26(31)18(2)27(32-28)20-9-5-4-6-10-20/h4-16,19,30H,1-3H3/t19-/m1/s1. The van der Waals surface area contributed by atoms with Gasteiger partial charge in [-0.1, -0.05) is 54.6 Å². The minimum Gasteiger partial charge on any atom is -0.455 e. The number of para-hydroxylation sites is 1. The summed E-state index contributed by atoms with van der Waals surface area (Å²) in [5, 5.41) is 6.30. The molecule has 0 radical (unpaired) electrons. The summed E-state index contributed by atoms with van der Waals surface area (Å²) >= 11 is 1.44. The number of rotatable bonds is 5. The third kappa shape index (κ3) is 3.96. The molecule has 0 spiro atoms. The number of benzene rings is 3. The average Bonchev–Trinajstić information content (AvgIpc) is 3.37. The van der Waals surface area contributed by atoms with E-state index < -0.39 is 0 Å². The van der Waals surface area contributed by atoms with Crippen LogP contribution in [0.1, 0.15) is 29.7 Å². The summed E-state index contributed by atoms with van der Waals surface area (Å²) in [5.41, 5.74) is 7.34. The smallest absolute Gasteiger partial charge is 0.196 e. The van der Waals surface area contributed by atoms with Gasteiger partial charge in [-0.05, 0) is 50.0 Å². The second kappa shape index (κ2) is 8.68. The number of hydrogen-bond donors (Lipinski definition) is 1. The van der Waals surface area contributed by atoms with E-state index >= 15 is 0 Å². The molecule has 1 N–H and O–H groups in total. The lowest BCUT2D eigenvalue weighted by Crippen LogP contribution is -2.12. The Morgan fingerprint density at radius 2 is 1.73 bits per heavy atom. The van der Waals surface area contributed by atoms with E-state index in [0.29, 0.717) is 22.3 Å². The van der Waals surface area contributed by atoms with Gasteiger partial charge in [-0.25, -0.2) is 4.37 Å². The average molecular weight is 453 g/mol. The van der Waals surface area contributed by atoms with Gasteiger partial charge < -0.3 is 9.73 Å². The van der Waals surface area contributed by atoms with E-state index in [2.05, 4.69) is 34.8 Å². The van der Waals surface area contributed by atoms with E-state index in [1.165, 1.54) is 11.5 Å². The number of nitrogens with one attached hydrogen (secondary N) is 1. The van der Waals surface area contributed by atoms with Crippen molar-refractivity contribution < 1.29 is 4.42 Å². The highest BCUT2D eigenvalue weighted by Gasteiger charge is 2.19. The van der Waals surface area contributed by atoms with Crippen molar-refractivity contribution in [2.75, 3.05) is 5.32 Å². The summed E-state index contributed by atoms with van der Waals surface area (Å²) in [6.45, 7) is 5.95. The monoisotopic (exact) mass is 452 g/mol. The fraction of sp³-hybridized carbons (Fsp3) is 0.143. The van der Waals surface area contributed by atoms with Crippen LogP contribution in [0.5, 0.6) is 0 Å². The van der Waals surface area contributed by atoms with Crippen molar-refractivity contribution in [1.82, 2.24) is 4.37 Å². The molecule has 2 aromatic heterocycles. The molecule has 5 aromatic rings. The van der Waals surface area contributed by atoms with Gasteiger partial charge in [0.25, 0.3) is 0 Å². The Balaban J connectivity index is 1.64. The number of hydrogen-bond acceptors (Lipinski definition) is 5. The molecule has 0 bridgehead atoms. The molecule has 0 fully saturated rings. The zero-order chi connectivity index (χ0) is 22.9. The molecule has 0 amide bonds. The van der Waals surface area contributed by atoms with Crippen LogP contribution in [0.2, 0.25) is 0 Å². The van der Waals surface area contributed by atoms with E-state index in [-0.39, 0.29) is 11.5 Å². The van der Waals surface area contributed by atoms with Crippen molar-refractivity contribution >= 4 is 28.2 Å². The second-order valence-corrected chi connectivity index (χ2v) is 8.96. The number of anilines is 1. The maximum absolute atomic E-state index is 13.3. The van der Waals surface area contributed by atoms with E-state index in [1.807, 2.05) is 74.0 Å². The molecule has 0 saturated carbocycles. The number of aryl methyl sites for hydroxylation is 1. The molecular weight excluding hydrogens is 428 g/mol. The maximum atomic E-state index is 13.3. The van der Waals surface area contributed by atoms with Crippen LogP contribution in [0.15, 0.2) is 87.5 Å². The van der Waals surface area contributed by atoms with Crippen LogP contribution in [-0.4, -0.2) is 4.37 Å². The molecular formula is C28H24N2O2S. The van der Waals surface area contributed by atoms with E-state index in [1.54, 1.807) is 0 Å². The molecule has 0 aliphatic rings. The minimum atomic E-state index is -0.0883. The fourth-order valence-corrected chi connectivity index (χ4v) is 4.80. The highest BCUT2D eigenvalue weighted by molar-refractivity contribution is 7.03. The first-order valence-corrected chi connectivity index (χ1v) is 11.8. The van der Waals surface area contributed by atoms with Gasteiger partial charge in [0.05, 0.1) is 11.4 Å². The zero-order valence-corrected chi connectivity index (χ0v) is 19.6. The summed E-state index contributed by atoms with van der Waals surface area (Å²) < 4.78 is 10.7. The molecule has 1 atom stereocenters. The Morgan fingerprint density at radius 1 is 0.970 bits per heavy atom. The lowest BCUT2D eigenvalue weighted by molar-refractivity contribution is 0.605. The van der Waals surface area contributed by atoms with Crippen LogP contribution >= 0.6 is 11.5 Å². The Morgan fingerprint density at radius 3 is 2.48 bits per heavy atom. The highest BCUT2D eigenvalue weighted by Crippen LogP contribution is 2.35. The molecule has 5 heteroatoms. The maximum Gasteiger partial charge on any atom is 0.196 e. The lowest BCUT2D eigenvalue weighted by atomic mass is 9.98. The largest absolute Gasteiger partial charge is 0.455 e. The van der Waals surface area contributed by atoms with E-state index in [9.17, 15) is 4.79 Å². The van der Waals surface area contributed by atoms with Gasteiger partial charge in [0.15, 0.2) is 5.43 Å². The Bertz CT molecular complexity index is 1490. The molecule has 5 rings (SSSR count). The summed E-state index contributed by atoms with van der Waals surface area (Å²) in [5.74, 6) is 0.621. The van der Waals surface area contributed by atoms with Crippen LogP contribution in [0.3, 0.4) is 0 Å². The first kappa shape index (κ1) is 21.2. The van der Waals surface area contributed by atoms with E-state index in [0.717, 1.165) is 33.5 Å². The van der Waals surface area contributed by atoms with E-state index in [4.69, 9.17) is 4.42 Å². The van der Waals surface area contributed by atoms with Gasteiger partial charge in [-0.2, -0.15) is 0 Å². The molecule has 0 aliphatic carbocycles. The third-order valence-electron chi connectivity index (χ3n) is 5.94. The molecule has 0 saturated heterocycles. The van der Waals surface area contributed by atoms with Gasteiger partial charge in [0.1, 0.15) is 11.3 Å². The molecule has 2 heterocycles. The van der Waals surface area contributed by atoms with Crippen molar-refractivity contribution in [1.29, 1.82) is 0 Å².